The number of esters is 1. The van der Waals surface area contributed by atoms with Gasteiger partial charge in [0.05, 0.1) is 19.6 Å². The second-order valence-corrected chi connectivity index (χ2v) is 5.21. The van der Waals surface area contributed by atoms with E-state index in [4.69, 9.17) is 11.6 Å². The number of carbonyl (C=O) groups excluding carboxylic acids is 1. The van der Waals surface area contributed by atoms with Crippen LogP contribution in [0.1, 0.15) is 11.9 Å². The van der Waals surface area contributed by atoms with E-state index < -0.39 is 0 Å². The van der Waals surface area contributed by atoms with Crippen LogP contribution < -0.4 is 0 Å². The Hall–Kier alpha value is -0.720. The van der Waals surface area contributed by atoms with Crippen molar-refractivity contribution in [1.82, 2.24) is 15.1 Å². The first-order valence-corrected chi connectivity index (χ1v) is 5.96. The number of ether oxygens (including phenoxy) is 1. The van der Waals surface area contributed by atoms with E-state index in [2.05, 4.69) is 14.9 Å². The van der Waals surface area contributed by atoms with Gasteiger partial charge in [0.2, 0.25) is 4.47 Å². The van der Waals surface area contributed by atoms with Gasteiger partial charge in [-0.15, -0.1) is 10.2 Å². The van der Waals surface area contributed by atoms with Gasteiger partial charge in [0.25, 0.3) is 0 Å². The highest BCUT2D eigenvalue weighted by atomic mass is 35.5. The Bertz CT molecular complexity index is 358. The number of methoxy groups -OCH3 is 1. The lowest BCUT2D eigenvalue weighted by Crippen LogP contribution is -2.29. The van der Waals surface area contributed by atoms with Gasteiger partial charge in [0.15, 0.2) is 0 Å². The standard InChI is InChI=1S/C9H14ClN3O2S/c1-6(8(14)15-3)4-13(2)5-7-11-12-9(10)16-7/h6H,4-5H2,1-3H3. The monoisotopic (exact) mass is 263 g/mol. The SMILES string of the molecule is COC(=O)C(C)CN(C)Cc1nnc(Cl)s1. The maximum absolute atomic E-state index is 11.2. The molecule has 1 rings (SSSR count). The molecule has 0 aliphatic heterocycles. The number of hydrogen-bond acceptors (Lipinski definition) is 6. The zero-order valence-corrected chi connectivity index (χ0v) is 11.0. The third kappa shape index (κ3) is 4.03. The Balaban J connectivity index is 2.41. The molecule has 0 radical (unpaired) electrons. The molecule has 16 heavy (non-hydrogen) atoms. The van der Waals surface area contributed by atoms with Crippen LogP contribution in [-0.4, -0.2) is 41.8 Å². The first-order chi connectivity index (χ1) is 7.52. The van der Waals surface area contributed by atoms with Gasteiger partial charge >= 0.3 is 5.97 Å². The average molecular weight is 264 g/mol. The normalized spacial score (nSPS) is 12.8. The zero-order chi connectivity index (χ0) is 12.1. The molecular formula is C9H14ClN3O2S. The predicted molar refractivity (Wildman–Crippen MR) is 62.4 cm³/mol. The van der Waals surface area contributed by atoms with Crippen LogP contribution in [0.3, 0.4) is 0 Å². The lowest BCUT2D eigenvalue weighted by molar-refractivity contribution is -0.145. The molecule has 1 aromatic rings. The largest absolute Gasteiger partial charge is 0.469 e. The molecule has 1 atom stereocenters. The Kier molecular flexibility index (Phi) is 5.11. The van der Waals surface area contributed by atoms with Crippen LogP contribution in [0, 0.1) is 5.92 Å². The number of halogens is 1. The second kappa shape index (κ2) is 6.12. The molecule has 0 aliphatic carbocycles. The van der Waals surface area contributed by atoms with Crippen LogP contribution in [0.25, 0.3) is 0 Å². The van der Waals surface area contributed by atoms with E-state index in [0.717, 1.165) is 5.01 Å². The molecule has 5 nitrogen and oxygen atoms in total. The fourth-order valence-corrected chi connectivity index (χ4v) is 2.28. The molecule has 0 saturated heterocycles. The molecule has 90 valence electrons. The van der Waals surface area contributed by atoms with Crippen LogP contribution >= 0.6 is 22.9 Å². The van der Waals surface area contributed by atoms with Gasteiger partial charge in [-0.2, -0.15) is 0 Å². The van der Waals surface area contributed by atoms with E-state index in [-0.39, 0.29) is 11.9 Å². The first kappa shape index (κ1) is 13.3. The fourth-order valence-electron chi connectivity index (χ4n) is 1.34. The van der Waals surface area contributed by atoms with Gasteiger partial charge in [0, 0.05) is 6.54 Å². The summed E-state index contributed by atoms with van der Waals surface area (Å²) in [5.41, 5.74) is 0. The average Bonchev–Trinajstić information content (AvgIpc) is 2.62. The zero-order valence-electron chi connectivity index (χ0n) is 9.44. The first-order valence-electron chi connectivity index (χ1n) is 4.77. The minimum Gasteiger partial charge on any atom is -0.469 e. The summed E-state index contributed by atoms with van der Waals surface area (Å²) in [6.07, 6.45) is 0. The van der Waals surface area contributed by atoms with Crippen molar-refractivity contribution in [2.24, 2.45) is 5.92 Å². The smallest absolute Gasteiger partial charge is 0.309 e. The van der Waals surface area contributed by atoms with Gasteiger partial charge in [-0.05, 0) is 18.6 Å². The van der Waals surface area contributed by atoms with Crippen LogP contribution in [0.5, 0.6) is 0 Å². The molecule has 0 amide bonds. The van der Waals surface area contributed by atoms with Crippen molar-refractivity contribution in [3.8, 4) is 0 Å². The highest BCUT2D eigenvalue weighted by Gasteiger charge is 2.16. The van der Waals surface area contributed by atoms with Crippen molar-refractivity contribution in [3.63, 3.8) is 0 Å². The fraction of sp³-hybridized carbons (Fsp3) is 0.667. The molecule has 0 N–H and O–H groups in total. The van der Waals surface area contributed by atoms with Crippen molar-refractivity contribution in [3.05, 3.63) is 9.47 Å². The Labute approximate surface area is 103 Å². The minimum absolute atomic E-state index is 0.154. The summed E-state index contributed by atoms with van der Waals surface area (Å²) in [4.78, 5) is 13.2. The van der Waals surface area contributed by atoms with E-state index in [9.17, 15) is 4.79 Å². The third-order valence-electron chi connectivity index (χ3n) is 2.04. The molecule has 0 aliphatic rings. The highest BCUT2D eigenvalue weighted by Crippen LogP contribution is 2.16. The maximum Gasteiger partial charge on any atom is 0.309 e. The van der Waals surface area contributed by atoms with E-state index in [1.807, 2.05) is 18.9 Å². The topological polar surface area (TPSA) is 55.3 Å². The van der Waals surface area contributed by atoms with Crippen molar-refractivity contribution in [1.29, 1.82) is 0 Å². The Morgan fingerprint density at radius 1 is 1.62 bits per heavy atom. The second-order valence-electron chi connectivity index (χ2n) is 3.57. The van der Waals surface area contributed by atoms with Crippen LogP contribution in [0.15, 0.2) is 0 Å². The number of hydrogen-bond donors (Lipinski definition) is 0. The quantitative estimate of drug-likeness (QED) is 0.753. The van der Waals surface area contributed by atoms with Gasteiger partial charge in [-0.3, -0.25) is 9.69 Å². The van der Waals surface area contributed by atoms with E-state index >= 15 is 0 Å². The molecule has 7 heteroatoms. The maximum atomic E-state index is 11.2. The molecule has 0 bridgehead atoms. The molecule has 1 heterocycles. The molecule has 1 aromatic heterocycles. The summed E-state index contributed by atoms with van der Waals surface area (Å²) < 4.78 is 5.09. The van der Waals surface area contributed by atoms with Crippen LogP contribution in [0.4, 0.5) is 0 Å². The predicted octanol–water partition coefficient (Wildman–Crippen LogP) is 1.43. The van der Waals surface area contributed by atoms with Gasteiger partial charge in [-0.1, -0.05) is 18.3 Å². The van der Waals surface area contributed by atoms with Gasteiger partial charge in [0.1, 0.15) is 5.01 Å². The molecule has 0 aromatic carbocycles. The summed E-state index contributed by atoms with van der Waals surface area (Å²) in [6, 6.07) is 0. The van der Waals surface area contributed by atoms with E-state index in [1.165, 1.54) is 18.4 Å². The summed E-state index contributed by atoms with van der Waals surface area (Å²) in [7, 11) is 3.30. The summed E-state index contributed by atoms with van der Waals surface area (Å²) in [6.45, 7) is 3.07. The summed E-state index contributed by atoms with van der Waals surface area (Å²) in [5.74, 6) is -0.361. The molecular weight excluding hydrogens is 250 g/mol. The van der Waals surface area contributed by atoms with E-state index in [1.54, 1.807) is 0 Å². The Morgan fingerprint density at radius 3 is 2.81 bits per heavy atom. The van der Waals surface area contributed by atoms with Crippen molar-refractivity contribution in [2.45, 2.75) is 13.5 Å². The molecule has 1 unspecified atom stereocenters. The highest BCUT2D eigenvalue weighted by molar-refractivity contribution is 7.15. The number of aromatic nitrogens is 2. The molecule has 0 fully saturated rings. The lowest BCUT2D eigenvalue weighted by atomic mass is 10.2. The van der Waals surface area contributed by atoms with Gasteiger partial charge < -0.3 is 4.74 Å². The van der Waals surface area contributed by atoms with Crippen molar-refractivity contribution >= 4 is 28.9 Å². The third-order valence-corrected chi connectivity index (χ3v) is 3.04. The number of nitrogens with zero attached hydrogens (tertiary/aromatic N) is 3. The van der Waals surface area contributed by atoms with Crippen molar-refractivity contribution < 1.29 is 9.53 Å². The Morgan fingerprint density at radius 2 is 2.31 bits per heavy atom. The number of carbonyl (C=O) groups is 1. The summed E-state index contributed by atoms with van der Waals surface area (Å²) >= 11 is 7.02. The molecule has 0 saturated carbocycles. The lowest BCUT2D eigenvalue weighted by Gasteiger charge is -2.18. The van der Waals surface area contributed by atoms with Crippen LogP contribution in [0.2, 0.25) is 4.47 Å². The summed E-state index contributed by atoms with van der Waals surface area (Å²) in [5, 5.41) is 8.46. The van der Waals surface area contributed by atoms with Crippen molar-refractivity contribution in [2.75, 3.05) is 20.7 Å². The molecule has 0 spiro atoms. The van der Waals surface area contributed by atoms with E-state index in [0.29, 0.717) is 17.6 Å². The number of rotatable bonds is 5. The van der Waals surface area contributed by atoms with Gasteiger partial charge in [-0.25, -0.2) is 0 Å². The minimum atomic E-state index is -0.206. The van der Waals surface area contributed by atoms with Crippen LogP contribution in [-0.2, 0) is 16.1 Å².